The van der Waals surface area contributed by atoms with Gasteiger partial charge in [-0.05, 0) is 61.6 Å². The Hall–Kier alpha value is -4.40. The number of fused-ring (bicyclic) bond motifs is 1. The van der Waals surface area contributed by atoms with Gasteiger partial charge in [0.25, 0.3) is 5.56 Å². The second-order valence-electron chi connectivity index (χ2n) is 8.89. The van der Waals surface area contributed by atoms with Crippen LogP contribution >= 0.6 is 0 Å². The third kappa shape index (κ3) is 4.47. The van der Waals surface area contributed by atoms with Crippen LogP contribution in [0.2, 0.25) is 0 Å². The molecule has 0 unspecified atom stereocenters. The summed E-state index contributed by atoms with van der Waals surface area (Å²) in [4.78, 5) is 24.5. The van der Waals surface area contributed by atoms with Gasteiger partial charge in [0.15, 0.2) is 17.4 Å². The van der Waals surface area contributed by atoms with E-state index in [0.717, 1.165) is 36.8 Å². The van der Waals surface area contributed by atoms with Gasteiger partial charge in [-0.15, -0.1) is 0 Å². The van der Waals surface area contributed by atoms with Gasteiger partial charge in [-0.25, -0.2) is 9.49 Å². The van der Waals surface area contributed by atoms with Crippen molar-refractivity contribution in [2.45, 2.75) is 37.8 Å². The van der Waals surface area contributed by atoms with Gasteiger partial charge < -0.3 is 20.4 Å². The van der Waals surface area contributed by atoms with Crippen molar-refractivity contribution in [2.24, 2.45) is 0 Å². The lowest BCUT2D eigenvalue weighted by molar-refractivity contribution is -0.117. The molecule has 4 aromatic rings. The number of para-hydroxylation sites is 1. The van der Waals surface area contributed by atoms with Crippen molar-refractivity contribution in [1.82, 2.24) is 20.1 Å². The zero-order valence-electron chi connectivity index (χ0n) is 19.5. The van der Waals surface area contributed by atoms with Gasteiger partial charge in [0, 0.05) is 23.8 Å². The number of carbonyl (C=O) groups excluding carboxylic acids is 1. The highest BCUT2D eigenvalue weighted by atomic mass is 19.1. The number of aromatic amines is 1. The van der Waals surface area contributed by atoms with Gasteiger partial charge in [-0.1, -0.05) is 30.8 Å². The molecule has 5 rings (SSSR count). The number of anilines is 1. The first kappa shape index (κ1) is 23.3. The van der Waals surface area contributed by atoms with Crippen LogP contribution in [0.1, 0.15) is 31.7 Å². The van der Waals surface area contributed by atoms with Gasteiger partial charge in [0.05, 0.1) is 5.39 Å². The molecule has 1 fully saturated rings. The number of carbonyl (C=O) groups is 1. The zero-order chi connectivity index (χ0) is 25.2. The van der Waals surface area contributed by atoms with E-state index in [1.54, 1.807) is 30.3 Å². The van der Waals surface area contributed by atoms with E-state index in [1.807, 2.05) is 22.9 Å². The average molecular weight is 488 g/mol. The van der Waals surface area contributed by atoms with Crippen molar-refractivity contribution in [3.05, 3.63) is 83.6 Å². The summed E-state index contributed by atoms with van der Waals surface area (Å²) in [5.41, 5.74) is 7.99. The van der Waals surface area contributed by atoms with Crippen LogP contribution in [-0.2, 0) is 4.79 Å². The minimum absolute atomic E-state index is 0.0738. The molecule has 0 bridgehead atoms. The number of amides is 1. The Balaban J connectivity index is 1.46. The molecule has 0 saturated heterocycles. The first-order chi connectivity index (χ1) is 17.4. The quantitative estimate of drug-likeness (QED) is 0.341. The molecule has 0 spiro atoms. The lowest BCUT2D eigenvalue weighted by Crippen LogP contribution is -2.37. The van der Waals surface area contributed by atoms with Gasteiger partial charge >= 0.3 is 0 Å². The molecule has 1 aliphatic rings. The van der Waals surface area contributed by atoms with Crippen molar-refractivity contribution in [3.8, 4) is 22.6 Å². The summed E-state index contributed by atoms with van der Waals surface area (Å²) < 4.78 is 21.6. The number of nitrogens with zero attached hydrogens (tertiary/aromatic N) is 2. The molecule has 2 heterocycles. The van der Waals surface area contributed by atoms with Gasteiger partial charge in [0.2, 0.25) is 5.91 Å². The third-order valence-corrected chi connectivity index (χ3v) is 6.63. The van der Waals surface area contributed by atoms with Crippen LogP contribution in [0.4, 0.5) is 10.2 Å². The van der Waals surface area contributed by atoms with Crippen molar-refractivity contribution >= 4 is 22.6 Å². The first-order valence-electron chi connectivity index (χ1n) is 11.8. The Kier molecular flexibility index (Phi) is 6.28. The fraction of sp³-hybridized carbons (Fsp3) is 0.222. The monoisotopic (exact) mass is 487 g/mol. The van der Waals surface area contributed by atoms with E-state index in [9.17, 15) is 14.0 Å². The minimum Gasteiger partial charge on any atom is -0.454 e. The van der Waals surface area contributed by atoms with Gasteiger partial charge in [-0.2, -0.15) is 5.10 Å². The maximum Gasteiger partial charge on any atom is 0.288 e. The third-order valence-electron chi connectivity index (χ3n) is 6.63. The zero-order valence-corrected chi connectivity index (χ0v) is 19.5. The summed E-state index contributed by atoms with van der Waals surface area (Å²) in [6.07, 6.45) is 6.39. The van der Waals surface area contributed by atoms with Crippen molar-refractivity contribution < 1.29 is 13.9 Å². The Bertz CT molecular complexity index is 1480. The smallest absolute Gasteiger partial charge is 0.288 e. The number of hydrogen-bond donors (Lipinski definition) is 3. The molecule has 2 aromatic carbocycles. The van der Waals surface area contributed by atoms with E-state index >= 15 is 0 Å². The molecule has 8 nitrogen and oxygen atoms in total. The molecule has 36 heavy (non-hydrogen) atoms. The molecule has 9 heteroatoms. The van der Waals surface area contributed by atoms with Crippen molar-refractivity contribution in [3.63, 3.8) is 0 Å². The maximum atomic E-state index is 14.0. The number of rotatable bonds is 6. The summed E-state index contributed by atoms with van der Waals surface area (Å²) in [6, 6.07) is 13.5. The van der Waals surface area contributed by atoms with Crippen LogP contribution in [0, 0.1) is 5.82 Å². The molecule has 0 radical (unpaired) electrons. The lowest BCUT2D eigenvalue weighted by Gasteiger charge is -2.30. The van der Waals surface area contributed by atoms with Gasteiger partial charge in [-0.3, -0.25) is 9.59 Å². The normalized spacial score (nSPS) is 17.6. The number of hydrogen-bond acceptors (Lipinski definition) is 5. The first-order valence-corrected chi connectivity index (χ1v) is 11.8. The largest absolute Gasteiger partial charge is 0.454 e. The van der Waals surface area contributed by atoms with Crippen molar-refractivity contribution in [1.29, 1.82) is 0 Å². The number of aromatic nitrogens is 3. The highest BCUT2D eigenvalue weighted by Gasteiger charge is 2.27. The number of benzene rings is 2. The number of H-pyrrole nitrogens is 1. The van der Waals surface area contributed by atoms with Crippen molar-refractivity contribution in [2.75, 3.05) is 5.73 Å². The molecular weight excluding hydrogens is 461 g/mol. The molecule has 0 atom stereocenters. The van der Waals surface area contributed by atoms with Crippen LogP contribution in [-0.4, -0.2) is 26.7 Å². The van der Waals surface area contributed by atoms with E-state index in [2.05, 4.69) is 22.1 Å². The SMILES string of the molecule is C=CC(=O)N[C@H]1CC[C@@H](n2cc(-c3ccc(Oc4ccccc4F)cc3)c3c(N)n[nH]c(=O)c32)CC1. The number of nitrogens with two attached hydrogens (primary N) is 1. The molecule has 1 aliphatic carbocycles. The number of ether oxygens (including phenoxy) is 1. The topological polar surface area (TPSA) is 115 Å². The highest BCUT2D eigenvalue weighted by Crippen LogP contribution is 2.38. The summed E-state index contributed by atoms with van der Waals surface area (Å²) in [7, 11) is 0. The van der Waals surface area contributed by atoms with E-state index in [-0.39, 0.29) is 35.1 Å². The maximum absolute atomic E-state index is 14.0. The van der Waals surface area contributed by atoms with Crippen LogP contribution in [0.5, 0.6) is 11.5 Å². The molecule has 1 amide bonds. The summed E-state index contributed by atoms with van der Waals surface area (Å²) >= 11 is 0. The number of nitrogens with one attached hydrogen (secondary N) is 2. The predicted molar refractivity (Wildman–Crippen MR) is 136 cm³/mol. The second kappa shape index (κ2) is 9.69. The lowest BCUT2D eigenvalue weighted by atomic mass is 9.91. The molecule has 4 N–H and O–H groups in total. The molecular formula is C27H26FN5O3. The molecule has 1 saturated carbocycles. The highest BCUT2D eigenvalue weighted by molar-refractivity contribution is 6.02. The van der Waals surface area contributed by atoms with E-state index < -0.39 is 5.82 Å². The summed E-state index contributed by atoms with van der Waals surface area (Å²) in [5.74, 6) is 0.237. The van der Waals surface area contributed by atoms with E-state index in [1.165, 1.54) is 12.1 Å². The summed E-state index contributed by atoms with van der Waals surface area (Å²) in [5, 5.41) is 10.0. The Labute approximate surface area is 206 Å². The predicted octanol–water partition coefficient (Wildman–Crippen LogP) is 4.69. The van der Waals surface area contributed by atoms with E-state index in [4.69, 9.17) is 10.5 Å². The molecule has 0 aliphatic heterocycles. The van der Waals surface area contributed by atoms with Crippen LogP contribution < -0.4 is 21.3 Å². The number of halogens is 1. The minimum atomic E-state index is -0.443. The Morgan fingerprint density at radius 1 is 1.17 bits per heavy atom. The number of nitrogen functional groups attached to an aromatic ring is 1. The van der Waals surface area contributed by atoms with Gasteiger partial charge in [0.1, 0.15) is 11.3 Å². The standard InChI is InChI=1S/C27H26FN5O3/c1-2-23(34)30-17-9-11-18(12-10-17)33-15-20(24-25(33)27(35)32-31-26(24)29)16-7-13-19(14-8-16)36-22-6-4-3-5-21(22)28/h2-8,13-15,17-18H,1,9-12H2,(H2,29,31)(H,30,34)(H,32,35)/t17-,18+. The average Bonchev–Trinajstić information content (AvgIpc) is 3.30. The fourth-order valence-electron chi connectivity index (χ4n) is 4.86. The molecule has 184 valence electrons. The van der Waals surface area contributed by atoms with Crippen LogP contribution in [0.15, 0.2) is 72.2 Å². The van der Waals surface area contributed by atoms with Crippen LogP contribution in [0.25, 0.3) is 22.0 Å². The van der Waals surface area contributed by atoms with Crippen LogP contribution in [0.3, 0.4) is 0 Å². The Morgan fingerprint density at radius 2 is 1.89 bits per heavy atom. The Morgan fingerprint density at radius 3 is 2.58 bits per heavy atom. The molecule has 2 aromatic heterocycles. The summed E-state index contributed by atoms with van der Waals surface area (Å²) in [6.45, 7) is 3.51. The second-order valence-corrected chi connectivity index (χ2v) is 8.89. The van der Waals surface area contributed by atoms with E-state index in [0.29, 0.717) is 16.7 Å². The fourth-order valence-corrected chi connectivity index (χ4v) is 4.86.